The van der Waals surface area contributed by atoms with Crippen molar-refractivity contribution in [1.82, 2.24) is 0 Å². The van der Waals surface area contributed by atoms with Crippen molar-refractivity contribution >= 4 is 10.1 Å². The number of para-hydroxylation sites is 1. The number of hydrogen-bond acceptors (Lipinski definition) is 3. The van der Waals surface area contributed by atoms with Gasteiger partial charge >= 0.3 is 10.1 Å². The Bertz CT molecular complexity index is 618. The minimum absolute atomic E-state index is 0.186. The lowest BCUT2D eigenvalue weighted by Crippen LogP contribution is -2.09. The number of rotatable bonds is 4. The van der Waals surface area contributed by atoms with Crippen molar-refractivity contribution in [1.29, 1.82) is 0 Å². The van der Waals surface area contributed by atoms with Crippen molar-refractivity contribution in [3.63, 3.8) is 0 Å². The highest BCUT2D eigenvalue weighted by molar-refractivity contribution is 7.87. The maximum Gasteiger partial charge on any atom is 0.339 e. The fraction of sp³-hybridized carbons (Fsp3) is 0.143. The Morgan fingerprint density at radius 1 is 1.00 bits per heavy atom. The highest BCUT2D eigenvalue weighted by atomic mass is 32.2. The molecule has 0 aromatic heterocycles. The van der Waals surface area contributed by atoms with Gasteiger partial charge in [0.15, 0.2) is 0 Å². The largest absolute Gasteiger partial charge is 0.379 e. The summed E-state index contributed by atoms with van der Waals surface area (Å²) < 4.78 is 29.2. The zero-order chi connectivity index (χ0) is 13.0. The average molecular weight is 262 g/mol. The summed E-state index contributed by atoms with van der Waals surface area (Å²) in [6, 6.07) is 15.3. The number of benzene rings is 2. The maximum atomic E-state index is 12.0. The molecule has 0 atom stereocenters. The van der Waals surface area contributed by atoms with Gasteiger partial charge in [0.05, 0.1) is 0 Å². The summed E-state index contributed by atoms with van der Waals surface area (Å²) in [4.78, 5) is 0.186. The molecular formula is C14H14O3S. The first-order valence-electron chi connectivity index (χ1n) is 5.70. The quantitative estimate of drug-likeness (QED) is 0.795. The molecular weight excluding hydrogens is 248 g/mol. The van der Waals surface area contributed by atoms with Crippen LogP contribution in [0, 0.1) is 0 Å². The summed E-state index contributed by atoms with van der Waals surface area (Å²) in [5, 5.41) is 0. The highest BCUT2D eigenvalue weighted by Gasteiger charge is 2.16. The first-order valence-corrected chi connectivity index (χ1v) is 7.11. The van der Waals surface area contributed by atoms with Gasteiger partial charge in [-0.2, -0.15) is 8.42 Å². The molecule has 3 nitrogen and oxygen atoms in total. The second-order valence-corrected chi connectivity index (χ2v) is 5.40. The molecule has 0 aliphatic carbocycles. The zero-order valence-electron chi connectivity index (χ0n) is 10.0. The molecule has 0 radical (unpaired) electrons. The van der Waals surface area contributed by atoms with E-state index >= 15 is 0 Å². The zero-order valence-corrected chi connectivity index (χ0v) is 10.9. The fourth-order valence-corrected chi connectivity index (χ4v) is 2.57. The van der Waals surface area contributed by atoms with Crippen LogP contribution < -0.4 is 4.18 Å². The van der Waals surface area contributed by atoms with E-state index in [1.807, 2.05) is 13.0 Å². The Hall–Kier alpha value is -1.81. The van der Waals surface area contributed by atoms with E-state index < -0.39 is 10.1 Å². The van der Waals surface area contributed by atoms with Crippen LogP contribution in [0.3, 0.4) is 0 Å². The Kier molecular flexibility index (Phi) is 3.67. The molecule has 0 heterocycles. The van der Waals surface area contributed by atoms with Crippen LogP contribution in [-0.4, -0.2) is 8.42 Å². The predicted molar refractivity (Wildman–Crippen MR) is 70.1 cm³/mol. The molecule has 0 N–H and O–H groups in total. The Morgan fingerprint density at radius 2 is 1.72 bits per heavy atom. The Morgan fingerprint density at radius 3 is 2.39 bits per heavy atom. The van der Waals surface area contributed by atoms with Crippen LogP contribution in [0.15, 0.2) is 59.5 Å². The summed E-state index contributed by atoms with van der Waals surface area (Å²) in [5.74, 6) is 0.319. The molecule has 18 heavy (non-hydrogen) atoms. The maximum absolute atomic E-state index is 12.0. The molecule has 0 amide bonds. The van der Waals surface area contributed by atoms with E-state index in [-0.39, 0.29) is 4.90 Å². The topological polar surface area (TPSA) is 43.4 Å². The minimum atomic E-state index is -3.75. The molecule has 0 spiro atoms. The van der Waals surface area contributed by atoms with Crippen LogP contribution >= 0.6 is 0 Å². The second-order valence-electron chi connectivity index (χ2n) is 3.85. The minimum Gasteiger partial charge on any atom is -0.379 e. The van der Waals surface area contributed by atoms with Gasteiger partial charge in [-0.25, -0.2) is 0 Å². The third-order valence-electron chi connectivity index (χ3n) is 2.54. The van der Waals surface area contributed by atoms with E-state index in [0.29, 0.717) is 5.75 Å². The standard InChI is InChI=1S/C14H14O3S/c1-2-12-7-6-10-14(11-12)18(15,16)17-13-8-4-3-5-9-13/h3-11H,2H2,1H3. The lowest BCUT2D eigenvalue weighted by atomic mass is 10.2. The van der Waals surface area contributed by atoms with Gasteiger partial charge in [0, 0.05) is 0 Å². The molecule has 2 aromatic carbocycles. The molecule has 2 rings (SSSR count). The van der Waals surface area contributed by atoms with Gasteiger partial charge in [-0.3, -0.25) is 0 Å². The molecule has 0 fully saturated rings. The van der Waals surface area contributed by atoms with E-state index in [1.54, 1.807) is 42.5 Å². The second kappa shape index (κ2) is 5.23. The van der Waals surface area contributed by atoms with Crippen LogP contribution in [0.25, 0.3) is 0 Å². The first kappa shape index (κ1) is 12.6. The molecule has 0 aliphatic heterocycles. The van der Waals surface area contributed by atoms with E-state index in [0.717, 1.165) is 12.0 Å². The molecule has 0 saturated heterocycles. The van der Waals surface area contributed by atoms with Gasteiger partial charge in [-0.1, -0.05) is 37.3 Å². The summed E-state index contributed by atoms with van der Waals surface area (Å²) >= 11 is 0. The monoisotopic (exact) mass is 262 g/mol. The lowest BCUT2D eigenvalue weighted by Gasteiger charge is -2.07. The molecule has 0 saturated carbocycles. The van der Waals surface area contributed by atoms with Gasteiger partial charge in [0.25, 0.3) is 0 Å². The summed E-state index contributed by atoms with van der Waals surface area (Å²) in [6.45, 7) is 1.98. The molecule has 0 aliphatic rings. The van der Waals surface area contributed by atoms with Crippen molar-refractivity contribution < 1.29 is 12.6 Å². The Labute approximate surface area is 107 Å². The van der Waals surface area contributed by atoms with Gasteiger partial charge in [0.2, 0.25) is 0 Å². The number of aryl methyl sites for hydroxylation is 1. The van der Waals surface area contributed by atoms with Crippen LogP contribution in [-0.2, 0) is 16.5 Å². The fourth-order valence-electron chi connectivity index (χ4n) is 1.57. The number of hydrogen-bond donors (Lipinski definition) is 0. The Balaban J connectivity index is 2.31. The average Bonchev–Trinajstić information content (AvgIpc) is 2.39. The summed E-state index contributed by atoms with van der Waals surface area (Å²) in [7, 11) is -3.75. The molecule has 2 aromatic rings. The first-order chi connectivity index (χ1) is 8.62. The third-order valence-corrected chi connectivity index (χ3v) is 3.79. The third kappa shape index (κ3) is 2.90. The van der Waals surface area contributed by atoms with E-state index in [4.69, 9.17) is 4.18 Å². The lowest BCUT2D eigenvalue weighted by molar-refractivity contribution is 0.486. The normalized spacial score (nSPS) is 11.2. The van der Waals surface area contributed by atoms with Crippen LogP contribution in [0.2, 0.25) is 0 Å². The molecule has 0 bridgehead atoms. The van der Waals surface area contributed by atoms with E-state index in [1.165, 1.54) is 6.07 Å². The van der Waals surface area contributed by atoms with Gasteiger partial charge in [0.1, 0.15) is 10.6 Å². The van der Waals surface area contributed by atoms with Crippen LogP contribution in [0.4, 0.5) is 0 Å². The van der Waals surface area contributed by atoms with Crippen molar-refractivity contribution in [3.8, 4) is 5.75 Å². The van der Waals surface area contributed by atoms with E-state index in [2.05, 4.69) is 0 Å². The molecule has 4 heteroatoms. The van der Waals surface area contributed by atoms with Gasteiger partial charge < -0.3 is 4.18 Å². The molecule has 0 unspecified atom stereocenters. The molecule has 94 valence electrons. The summed E-state index contributed by atoms with van der Waals surface area (Å²) in [6.07, 6.45) is 0.786. The van der Waals surface area contributed by atoms with Crippen molar-refractivity contribution in [2.45, 2.75) is 18.2 Å². The smallest absolute Gasteiger partial charge is 0.339 e. The highest BCUT2D eigenvalue weighted by Crippen LogP contribution is 2.19. The predicted octanol–water partition coefficient (Wildman–Crippen LogP) is 3.02. The van der Waals surface area contributed by atoms with Gasteiger partial charge in [-0.15, -0.1) is 0 Å². The van der Waals surface area contributed by atoms with Crippen molar-refractivity contribution in [3.05, 3.63) is 60.2 Å². The van der Waals surface area contributed by atoms with Crippen LogP contribution in [0.5, 0.6) is 5.75 Å². The van der Waals surface area contributed by atoms with E-state index in [9.17, 15) is 8.42 Å². The van der Waals surface area contributed by atoms with Crippen molar-refractivity contribution in [2.75, 3.05) is 0 Å². The van der Waals surface area contributed by atoms with Gasteiger partial charge in [-0.05, 0) is 36.2 Å². The van der Waals surface area contributed by atoms with Crippen molar-refractivity contribution in [2.24, 2.45) is 0 Å². The SMILES string of the molecule is CCc1cccc(S(=O)(=O)Oc2ccccc2)c1. The van der Waals surface area contributed by atoms with Crippen LogP contribution in [0.1, 0.15) is 12.5 Å². The summed E-state index contributed by atoms with van der Waals surface area (Å²) in [5.41, 5.74) is 0.965.